The van der Waals surface area contributed by atoms with Gasteiger partial charge in [0.25, 0.3) is 0 Å². The highest BCUT2D eigenvalue weighted by atomic mass is 16.4. The van der Waals surface area contributed by atoms with Crippen molar-refractivity contribution in [2.45, 2.75) is 61.5 Å². The first-order valence-corrected chi connectivity index (χ1v) is 11.3. The molecule has 2 aliphatic heterocycles. The highest BCUT2D eigenvalue weighted by Gasteiger charge is 2.43. The molecule has 14 N–H and O–H groups in total. The minimum atomic E-state index is -1.45. The number of carbonyl (C=O) groups excluding carboxylic acids is 2. The second-order valence-electron chi connectivity index (χ2n) is 7.90. The number of nitrogens with zero attached hydrogens (tertiary/aromatic N) is 1. The molecule has 0 bridgehead atoms. The molecule has 0 saturated carbocycles. The van der Waals surface area contributed by atoms with Gasteiger partial charge in [-0.05, 0) is 7.05 Å². The molecular formula is C20H40N4O14. The van der Waals surface area contributed by atoms with Crippen LogP contribution in [0.4, 0.5) is 0 Å². The van der Waals surface area contributed by atoms with Crippen LogP contribution in [-0.4, -0.2) is 169 Å². The summed E-state index contributed by atoms with van der Waals surface area (Å²) in [4.78, 5) is 42.7. The highest BCUT2D eigenvalue weighted by Crippen LogP contribution is 2.19. The molecule has 2 rings (SSSR count). The van der Waals surface area contributed by atoms with Gasteiger partial charge in [-0.1, -0.05) is 0 Å². The lowest BCUT2D eigenvalue weighted by Gasteiger charge is -2.43. The zero-order valence-corrected chi connectivity index (χ0v) is 21.0. The number of aliphatic hydroxyl groups is 8. The number of β-amino-alcohol motifs (C(OH)–C–C–N with tert-alkyl or cyclic N) is 2. The summed E-state index contributed by atoms with van der Waals surface area (Å²) in [6.45, 7) is -0.849. The number of piperidine rings is 2. The van der Waals surface area contributed by atoms with E-state index in [1.807, 2.05) is 0 Å². The predicted octanol–water partition coefficient (Wildman–Crippen LogP) is -7.44. The molecule has 2 amide bonds. The molecule has 8 atom stereocenters. The summed E-state index contributed by atoms with van der Waals surface area (Å²) in [5.41, 5.74) is 4.50. The molecule has 224 valence electrons. The van der Waals surface area contributed by atoms with Gasteiger partial charge in [0.1, 0.15) is 37.3 Å². The summed E-state index contributed by atoms with van der Waals surface area (Å²) >= 11 is 0. The van der Waals surface area contributed by atoms with Gasteiger partial charge in [0.2, 0.25) is 11.8 Å². The summed E-state index contributed by atoms with van der Waals surface area (Å²) in [5, 5.41) is 94.0. The molecule has 18 heteroatoms. The third-order valence-corrected chi connectivity index (χ3v) is 5.27. The topological polar surface area (TPSA) is 324 Å². The van der Waals surface area contributed by atoms with E-state index in [2.05, 4.69) is 16.4 Å². The molecule has 0 spiro atoms. The first-order chi connectivity index (χ1) is 17.7. The van der Waals surface area contributed by atoms with Gasteiger partial charge in [0, 0.05) is 20.1 Å². The summed E-state index contributed by atoms with van der Waals surface area (Å²) in [6.07, 6.45) is -8.64. The van der Waals surface area contributed by atoms with Crippen LogP contribution in [0.2, 0.25) is 0 Å². The molecule has 2 heterocycles. The molecule has 38 heavy (non-hydrogen) atoms. The Balaban J connectivity index is 0. The van der Waals surface area contributed by atoms with Crippen molar-refractivity contribution < 1.29 is 70.2 Å². The standard InChI is InChI=1S/C10H18N2O6.C6H13NO4.C3H4O4.CH5N/c1-11-7(15)2-8(16)12-3-6(14)10(18)9(17)5(12)4-13;8-2-3-5(10)6(11)4(9)1-7-3;4-2(5)1-3(6)7;1-2/h5-6,9-10,13-14,17-18H,2-4H2,1H3,(H,11,15);3-11H,1-2H2;1H2,(H,4,5)(H,6,7);2H2,1H3/t5-,6+,9-,10-;3-,4+,5-,6-;;/m00../s1. The number of likely N-dealkylation sites (tertiary alicyclic amines) is 1. The van der Waals surface area contributed by atoms with E-state index in [0.29, 0.717) is 0 Å². The monoisotopic (exact) mass is 560 g/mol. The van der Waals surface area contributed by atoms with Gasteiger partial charge < -0.3 is 72.3 Å². The van der Waals surface area contributed by atoms with E-state index in [1.54, 1.807) is 0 Å². The number of carbonyl (C=O) groups is 4. The molecule has 18 nitrogen and oxygen atoms in total. The predicted molar refractivity (Wildman–Crippen MR) is 126 cm³/mol. The van der Waals surface area contributed by atoms with Crippen LogP contribution in [0.5, 0.6) is 0 Å². The van der Waals surface area contributed by atoms with Crippen LogP contribution in [0.25, 0.3) is 0 Å². The van der Waals surface area contributed by atoms with Gasteiger partial charge in [-0.15, -0.1) is 0 Å². The second kappa shape index (κ2) is 19.5. The summed E-state index contributed by atoms with van der Waals surface area (Å²) in [5.74, 6) is -3.76. The lowest BCUT2D eigenvalue weighted by atomic mass is 9.94. The average Bonchev–Trinajstić information content (AvgIpc) is 2.86. The Hall–Kier alpha value is -2.52. The van der Waals surface area contributed by atoms with Crippen molar-refractivity contribution in [2.75, 3.05) is 40.4 Å². The zero-order chi connectivity index (χ0) is 30.2. The quantitative estimate of drug-likeness (QED) is 0.134. The zero-order valence-electron chi connectivity index (χ0n) is 21.0. The van der Waals surface area contributed by atoms with Gasteiger partial charge in [-0.25, -0.2) is 0 Å². The lowest BCUT2D eigenvalue weighted by molar-refractivity contribution is -0.167. The number of nitrogens with two attached hydrogens (primary N) is 1. The number of hydrogen-bond acceptors (Lipinski definition) is 14. The smallest absolute Gasteiger partial charge is 0.314 e. The molecule has 2 saturated heterocycles. The van der Waals surface area contributed by atoms with E-state index in [9.17, 15) is 39.6 Å². The van der Waals surface area contributed by atoms with E-state index in [1.165, 1.54) is 14.1 Å². The molecular weight excluding hydrogens is 520 g/mol. The van der Waals surface area contributed by atoms with Gasteiger partial charge >= 0.3 is 11.9 Å². The van der Waals surface area contributed by atoms with Crippen LogP contribution in [-0.2, 0) is 19.2 Å². The Labute approximate surface area is 217 Å². The number of carboxylic acid groups (broad SMARTS) is 2. The summed E-state index contributed by atoms with van der Waals surface area (Å²) < 4.78 is 0. The highest BCUT2D eigenvalue weighted by molar-refractivity contribution is 5.97. The summed E-state index contributed by atoms with van der Waals surface area (Å²) in [7, 11) is 2.88. The van der Waals surface area contributed by atoms with Crippen LogP contribution >= 0.6 is 0 Å². The minimum absolute atomic E-state index is 0.198. The second-order valence-corrected chi connectivity index (χ2v) is 7.90. The van der Waals surface area contributed by atoms with E-state index in [4.69, 9.17) is 30.6 Å². The molecule has 2 aliphatic rings. The average molecular weight is 561 g/mol. The molecule has 0 aromatic carbocycles. The number of aliphatic hydroxyl groups excluding tert-OH is 8. The van der Waals surface area contributed by atoms with Crippen LogP contribution in [0.15, 0.2) is 0 Å². The fraction of sp³-hybridized carbons (Fsp3) is 0.800. The SMILES string of the molecule is CN.CNC(=O)CC(=O)N1C[C@@H](O)[C@H](O)[C@@H](O)[C@@H]1CO.O=C(O)CC(=O)O.OC[C@@H]1NC[C@@H](O)[C@H](O)[C@H]1O. The van der Waals surface area contributed by atoms with Crippen LogP contribution in [0.1, 0.15) is 12.8 Å². The number of rotatable bonds is 6. The Bertz CT molecular complexity index is 716. The van der Waals surface area contributed by atoms with Crippen molar-refractivity contribution in [3.05, 3.63) is 0 Å². The molecule has 0 unspecified atom stereocenters. The van der Waals surface area contributed by atoms with Gasteiger partial charge in [0.15, 0.2) is 0 Å². The number of nitrogens with one attached hydrogen (secondary N) is 2. The summed E-state index contributed by atoms with van der Waals surface area (Å²) in [6, 6.07) is -1.56. The largest absolute Gasteiger partial charge is 0.481 e. The third kappa shape index (κ3) is 12.8. The Morgan fingerprint density at radius 3 is 1.71 bits per heavy atom. The number of hydrogen-bond donors (Lipinski definition) is 13. The van der Waals surface area contributed by atoms with Gasteiger partial charge in [0.05, 0.1) is 37.5 Å². The normalized spacial score (nSPS) is 30.1. The Morgan fingerprint density at radius 1 is 0.816 bits per heavy atom. The lowest BCUT2D eigenvalue weighted by Crippen LogP contribution is -2.64. The van der Waals surface area contributed by atoms with Crippen molar-refractivity contribution in [2.24, 2.45) is 5.73 Å². The van der Waals surface area contributed by atoms with E-state index < -0.39 is 91.9 Å². The number of amides is 2. The third-order valence-electron chi connectivity index (χ3n) is 5.27. The molecule has 0 aromatic rings. The van der Waals surface area contributed by atoms with Crippen molar-refractivity contribution in [3.63, 3.8) is 0 Å². The van der Waals surface area contributed by atoms with Crippen molar-refractivity contribution >= 4 is 23.8 Å². The van der Waals surface area contributed by atoms with Crippen LogP contribution < -0.4 is 16.4 Å². The van der Waals surface area contributed by atoms with Gasteiger partial charge in [-0.2, -0.15) is 0 Å². The van der Waals surface area contributed by atoms with Gasteiger partial charge in [-0.3, -0.25) is 19.2 Å². The minimum Gasteiger partial charge on any atom is -0.481 e. The van der Waals surface area contributed by atoms with E-state index >= 15 is 0 Å². The Kier molecular flexibility index (Phi) is 19.3. The first kappa shape index (κ1) is 37.6. The fourth-order valence-electron chi connectivity index (χ4n) is 3.19. The molecule has 2 fully saturated rings. The van der Waals surface area contributed by atoms with Crippen molar-refractivity contribution in [3.8, 4) is 0 Å². The molecule has 0 radical (unpaired) electrons. The number of carboxylic acids is 2. The number of aliphatic carboxylic acids is 2. The maximum Gasteiger partial charge on any atom is 0.314 e. The molecule has 0 aliphatic carbocycles. The van der Waals surface area contributed by atoms with E-state index in [0.717, 1.165) is 4.90 Å². The van der Waals surface area contributed by atoms with Crippen LogP contribution in [0, 0.1) is 0 Å². The maximum atomic E-state index is 11.8. The van der Waals surface area contributed by atoms with Crippen LogP contribution in [0.3, 0.4) is 0 Å². The Morgan fingerprint density at radius 2 is 1.32 bits per heavy atom. The molecule has 0 aromatic heterocycles. The van der Waals surface area contributed by atoms with Crippen molar-refractivity contribution in [1.82, 2.24) is 15.5 Å². The van der Waals surface area contributed by atoms with E-state index in [-0.39, 0.29) is 19.7 Å². The fourth-order valence-corrected chi connectivity index (χ4v) is 3.19. The first-order valence-electron chi connectivity index (χ1n) is 11.3. The maximum absolute atomic E-state index is 11.8. The van der Waals surface area contributed by atoms with Crippen molar-refractivity contribution in [1.29, 1.82) is 0 Å².